The first-order valence-corrected chi connectivity index (χ1v) is 5.32. The number of nitrogen functional groups attached to an aromatic ring is 1. The van der Waals surface area contributed by atoms with E-state index in [-0.39, 0.29) is 11.4 Å². The summed E-state index contributed by atoms with van der Waals surface area (Å²) in [6.45, 7) is 0. The van der Waals surface area contributed by atoms with Crippen LogP contribution in [0.25, 0.3) is 0 Å². The summed E-state index contributed by atoms with van der Waals surface area (Å²) in [5, 5.41) is 11.6. The number of phenols is 1. The number of hydrogen-bond donors (Lipinski definition) is 3. The minimum atomic E-state index is -0.987. The van der Waals surface area contributed by atoms with E-state index in [2.05, 4.69) is 5.32 Å². The fourth-order valence-corrected chi connectivity index (χ4v) is 1.56. The van der Waals surface area contributed by atoms with Crippen LogP contribution in [0, 0.1) is 11.6 Å². The molecule has 0 spiro atoms. The van der Waals surface area contributed by atoms with Gasteiger partial charge in [0.2, 0.25) is 0 Å². The van der Waals surface area contributed by atoms with Gasteiger partial charge in [-0.05, 0) is 24.3 Å². The number of nitrogens with one attached hydrogen (secondary N) is 1. The number of benzene rings is 2. The van der Waals surface area contributed by atoms with Crippen LogP contribution >= 0.6 is 0 Å². The van der Waals surface area contributed by atoms with E-state index in [1.54, 1.807) is 0 Å². The van der Waals surface area contributed by atoms with E-state index in [0.29, 0.717) is 0 Å². The molecule has 4 nitrogen and oxygen atoms in total. The molecule has 98 valence electrons. The Balaban J connectivity index is 2.30. The minimum Gasteiger partial charge on any atom is -0.508 e. The van der Waals surface area contributed by atoms with E-state index in [0.717, 1.165) is 12.1 Å². The van der Waals surface area contributed by atoms with Gasteiger partial charge < -0.3 is 16.2 Å². The molecule has 19 heavy (non-hydrogen) atoms. The Kier molecular flexibility index (Phi) is 3.33. The standard InChI is InChI=1S/C13H10F2N2O2/c14-7-4-10(12(15)11(16)5-7)13(19)17-8-2-1-3-9(18)6-8/h1-6,18H,16H2,(H,17,19). The van der Waals surface area contributed by atoms with Gasteiger partial charge in [0.1, 0.15) is 11.6 Å². The van der Waals surface area contributed by atoms with Gasteiger partial charge in [0.15, 0.2) is 5.82 Å². The Hall–Kier alpha value is -2.63. The number of amides is 1. The van der Waals surface area contributed by atoms with E-state index in [1.807, 2.05) is 0 Å². The van der Waals surface area contributed by atoms with Crippen molar-refractivity contribution in [2.45, 2.75) is 0 Å². The first-order valence-electron chi connectivity index (χ1n) is 5.32. The van der Waals surface area contributed by atoms with Gasteiger partial charge in [-0.1, -0.05) is 6.07 Å². The summed E-state index contributed by atoms with van der Waals surface area (Å²) in [4.78, 5) is 11.8. The van der Waals surface area contributed by atoms with E-state index in [1.165, 1.54) is 24.3 Å². The van der Waals surface area contributed by atoms with Crippen molar-refractivity contribution in [1.82, 2.24) is 0 Å². The highest BCUT2D eigenvalue weighted by Crippen LogP contribution is 2.20. The Morgan fingerprint density at radius 3 is 2.63 bits per heavy atom. The van der Waals surface area contributed by atoms with Crippen LogP contribution in [0.1, 0.15) is 10.4 Å². The molecule has 2 rings (SSSR count). The zero-order valence-corrected chi connectivity index (χ0v) is 9.65. The largest absolute Gasteiger partial charge is 0.508 e. The third kappa shape index (κ3) is 2.79. The number of rotatable bonds is 2. The van der Waals surface area contributed by atoms with Crippen molar-refractivity contribution in [2.75, 3.05) is 11.1 Å². The lowest BCUT2D eigenvalue weighted by atomic mass is 10.1. The highest BCUT2D eigenvalue weighted by Gasteiger charge is 2.16. The average Bonchev–Trinajstić information content (AvgIpc) is 2.33. The summed E-state index contributed by atoms with van der Waals surface area (Å²) < 4.78 is 26.7. The molecule has 0 fully saturated rings. The Morgan fingerprint density at radius 1 is 1.21 bits per heavy atom. The van der Waals surface area contributed by atoms with Crippen molar-refractivity contribution in [3.05, 3.63) is 53.6 Å². The maximum atomic E-state index is 13.6. The van der Waals surface area contributed by atoms with Crippen molar-refractivity contribution in [2.24, 2.45) is 0 Å². The number of halogens is 2. The van der Waals surface area contributed by atoms with Crippen LogP contribution in [0.2, 0.25) is 0 Å². The lowest BCUT2D eigenvalue weighted by Crippen LogP contribution is -2.15. The molecule has 0 aliphatic rings. The first-order chi connectivity index (χ1) is 8.97. The Labute approximate surface area is 107 Å². The van der Waals surface area contributed by atoms with Gasteiger partial charge in [0.05, 0.1) is 11.3 Å². The van der Waals surface area contributed by atoms with Gasteiger partial charge in [0.25, 0.3) is 5.91 Å². The zero-order chi connectivity index (χ0) is 14.0. The molecule has 0 radical (unpaired) electrons. The fraction of sp³-hybridized carbons (Fsp3) is 0. The molecule has 0 bridgehead atoms. The van der Waals surface area contributed by atoms with Crippen molar-refractivity contribution >= 4 is 17.3 Å². The molecule has 2 aromatic carbocycles. The number of hydrogen-bond acceptors (Lipinski definition) is 3. The molecular weight excluding hydrogens is 254 g/mol. The highest BCUT2D eigenvalue weighted by molar-refractivity contribution is 6.05. The number of phenolic OH excluding ortho intramolecular Hbond substituents is 1. The molecule has 1 amide bonds. The highest BCUT2D eigenvalue weighted by atomic mass is 19.1. The summed E-state index contributed by atoms with van der Waals surface area (Å²) >= 11 is 0. The van der Waals surface area contributed by atoms with Crippen LogP contribution in [0.15, 0.2) is 36.4 Å². The first kappa shape index (κ1) is 12.8. The van der Waals surface area contributed by atoms with Crippen LogP contribution in [-0.2, 0) is 0 Å². The molecule has 0 heterocycles. The zero-order valence-electron chi connectivity index (χ0n) is 9.65. The topological polar surface area (TPSA) is 75.4 Å². The molecule has 0 unspecified atom stereocenters. The number of aromatic hydroxyl groups is 1. The second-order valence-electron chi connectivity index (χ2n) is 3.86. The number of anilines is 2. The summed E-state index contributed by atoms with van der Waals surface area (Å²) in [7, 11) is 0. The molecule has 0 aromatic heterocycles. The normalized spacial score (nSPS) is 10.2. The van der Waals surface area contributed by atoms with E-state index >= 15 is 0 Å². The third-order valence-corrected chi connectivity index (χ3v) is 2.41. The summed E-state index contributed by atoms with van der Waals surface area (Å²) in [5.74, 6) is -2.70. The van der Waals surface area contributed by atoms with Gasteiger partial charge in [-0.3, -0.25) is 4.79 Å². The average molecular weight is 264 g/mol. The van der Waals surface area contributed by atoms with Crippen molar-refractivity contribution in [3.8, 4) is 5.75 Å². The lowest BCUT2D eigenvalue weighted by Gasteiger charge is -2.08. The molecule has 0 saturated heterocycles. The Bertz CT molecular complexity index is 645. The third-order valence-electron chi connectivity index (χ3n) is 2.41. The molecule has 0 atom stereocenters. The van der Waals surface area contributed by atoms with Crippen LogP contribution < -0.4 is 11.1 Å². The number of carbonyl (C=O) groups is 1. The molecular formula is C13H10F2N2O2. The smallest absolute Gasteiger partial charge is 0.258 e. The molecule has 2 aromatic rings. The predicted molar refractivity (Wildman–Crippen MR) is 66.8 cm³/mol. The van der Waals surface area contributed by atoms with Gasteiger partial charge in [-0.2, -0.15) is 0 Å². The fourth-order valence-electron chi connectivity index (χ4n) is 1.56. The molecule has 6 heteroatoms. The summed E-state index contributed by atoms with van der Waals surface area (Å²) in [6, 6.07) is 7.23. The number of nitrogens with two attached hydrogens (primary N) is 1. The van der Waals surface area contributed by atoms with Crippen LogP contribution in [-0.4, -0.2) is 11.0 Å². The van der Waals surface area contributed by atoms with Crippen molar-refractivity contribution < 1.29 is 18.7 Å². The van der Waals surface area contributed by atoms with Crippen LogP contribution in [0.5, 0.6) is 5.75 Å². The van der Waals surface area contributed by atoms with Crippen molar-refractivity contribution in [3.63, 3.8) is 0 Å². The molecule has 0 aliphatic heterocycles. The van der Waals surface area contributed by atoms with E-state index in [9.17, 15) is 18.7 Å². The molecule has 4 N–H and O–H groups in total. The van der Waals surface area contributed by atoms with Gasteiger partial charge in [-0.15, -0.1) is 0 Å². The van der Waals surface area contributed by atoms with Gasteiger partial charge in [0, 0.05) is 11.8 Å². The predicted octanol–water partition coefficient (Wildman–Crippen LogP) is 2.50. The lowest BCUT2D eigenvalue weighted by molar-refractivity contribution is 0.102. The monoisotopic (exact) mass is 264 g/mol. The van der Waals surface area contributed by atoms with Crippen LogP contribution in [0.3, 0.4) is 0 Å². The summed E-state index contributed by atoms with van der Waals surface area (Å²) in [5.41, 5.74) is 4.56. The summed E-state index contributed by atoms with van der Waals surface area (Å²) in [6.07, 6.45) is 0. The quantitative estimate of drug-likeness (QED) is 0.729. The number of carbonyl (C=O) groups excluding carboxylic acids is 1. The maximum absolute atomic E-state index is 13.6. The second-order valence-corrected chi connectivity index (χ2v) is 3.86. The Morgan fingerprint density at radius 2 is 1.95 bits per heavy atom. The maximum Gasteiger partial charge on any atom is 0.258 e. The SMILES string of the molecule is Nc1cc(F)cc(C(=O)Nc2cccc(O)c2)c1F. The van der Waals surface area contributed by atoms with Crippen LogP contribution in [0.4, 0.5) is 20.2 Å². The van der Waals surface area contributed by atoms with Gasteiger partial charge in [-0.25, -0.2) is 8.78 Å². The molecule has 0 aliphatic carbocycles. The minimum absolute atomic E-state index is 0.0583. The van der Waals surface area contributed by atoms with Crippen molar-refractivity contribution in [1.29, 1.82) is 0 Å². The second kappa shape index (κ2) is 4.93. The van der Waals surface area contributed by atoms with Gasteiger partial charge >= 0.3 is 0 Å². The molecule has 0 saturated carbocycles. The van der Waals surface area contributed by atoms with E-state index < -0.39 is 28.8 Å². The van der Waals surface area contributed by atoms with E-state index in [4.69, 9.17) is 5.73 Å².